The van der Waals surface area contributed by atoms with Crippen LogP contribution in [0.15, 0.2) is 24.7 Å². The van der Waals surface area contributed by atoms with E-state index in [1.807, 2.05) is 31.0 Å². The topological polar surface area (TPSA) is 77.2 Å². The van der Waals surface area contributed by atoms with Gasteiger partial charge in [-0.25, -0.2) is 0 Å². The molecular formula is C30H43N3O3. The predicted octanol–water partition coefficient (Wildman–Crippen LogP) is 5.43. The van der Waals surface area contributed by atoms with Crippen molar-refractivity contribution in [2.45, 2.75) is 90.2 Å². The molecule has 196 valence electrons. The van der Waals surface area contributed by atoms with Crippen LogP contribution in [0.4, 0.5) is 0 Å². The SMILES string of the molecule is COCC[C@]12CC[C@@](C)(O)C[C@@H]1CC[C@H]1[C@@H]3CC[C@H](C(=O)Cn4cc5ccncc5n4)[C@@]3(C)CC[C@@H]12. The maximum Gasteiger partial charge on any atom is 0.157 e. The molecule has 2 heterocycles. The summed E-state index contributed by atoms with van der Waals surface area (Å²) in [4.78, 5) is 17.9. The number of pyridine rings is 1. The van der Waals surface area contributed by atoms with Gasteiger partial charge in [0.1, 0.15) is 5.52 Å². The molecule has 0 aromatic carbocycles. The van der Waals surface area contributed by atoms with E-state index in [4.69, 9.17) is 4.74 Å². The number of nitrogens with zero attached hydrogens (tertiary/aromatic N) is 3. The first kappa shape index (κ1) is 24.5. The molecule has 4 saturated carbocycles. The fourth-order valence-electron chi connectivity index (χ4n) is 9.82. The molecule has 6 nitrogen and oxygen atoms in total. The normalized spacial score (nSPS) is 42.1. The predicted molar refractivity (Wildman–Crippen MR) is 139 cm³/mol. The van der Waals surface area contributed by atoms with E-state index in [-0.39, 0.29) is 11.3 Å². The minimum absolute atomic E-state index is 0.0990. The van der Waals surface area contributed by atoms with Crippen molar-refractivity contribution in [3.05, 3.63) is 24.7 Å². The van der Waals surface area contributed by atoms with Gasteiger partial charge in [-0.15, -0.1) is 0 Å². The lowest BCUT2D eigenvalue weighted by Gasteiger charge is -2.63. The van der Waals surface area contributed by atoms with Crippen LogP contribution in [0, 0.1) is 40.4 Å². The zero-order chi connectivity index (χ0) is 25.1. The number of aliphatic hydroxyl groups is 1. The van der Waals surface area contributed by atoms with Gasteiger partial charge in [0.15, 0.2) is 5.78 Å². The van der Waals surface area contributed by atoms with E-state index in [2.05, 4.69) is 17.0 Å². The monoisotopic (exact) mass is 493 g/mol. The molecular weight excluding hydrogens is 450 g/mol. The van der Waals surface area contributed by atoms with Gasteiger partial charge in [0, 0.05) is 37.4 Å². The molecule has 6 heteroatoms. The highest BCUT2D eigenvalue weighted by Gasteiger charge is 2.62. The van der Waals surface area contributed by atoms with Gasteiger partial charge in [-0.1, -0.05) is 6.92 Å². The quantitative estimate of drug-likeness (QED) is 0.581. The maximum atomic E-state index is 13.7. The number of aromatic nitrogens is 3. The number of carbonyl (C=O) groups is 1. The summed E-state index contributed by atoms with van der Waals surface area (Å²) >= 11 is 0. The molecule has 4 aliphatic carbocycles. The van der Waals surface area contributed by atoms with Gasteiger partial charge in [0.25, 0.3) is 0 Å². The van der Waals surface area contributed by atoms with Crippen LogP contribution in [-0.4, -0.2) is 45.0 Å². The van der Waals surface area contributed by atoms with Crippen molar-refractivity contribution in [1.82, 2.24) is 14.8 Å². The highest BCUT2D eigenvalue weighted by molar-refractivity contribution is 5.83. The molecule has 2 aromatic rings. The van der Waals surface area contributed by atoms with E-state index < -0.39 is 5.60 Å². The Hall–Kier alpha value is -1.79. The lowest BCUT2D eigenvalue weighted by atomic mass is 9.42. The highest BCUT2D eigenvalue weighted by atomic mass is 16.5. The summed E-state index contributed by atoms with van der Waals surface area (Å²) in [6.45, 7) is 5.67. The van der Waals surface area contributed by atoms with Crippen molar-refractivity contribution in [1.29, 1.82) is 0 Å². The fraction of sp³-hybridized carbons (Fsp3) is 0.767. The zero-order valence-corrected chi connectivity index (χ0v) is 22.3. The van der Waals surface area contributed by atoms with Crippen molar-refractivity contribution in [3.63, 3.8) is 0 Å². The van der Waals surface area contributed by atoms with Crippen LogP contribution < -0.4 is 0 Å². The average molecular weight is 494 g/mol. The maximum absolute atomic E-state index is 13.7. The Morgan fingerprint density at radius 2 is 2.00 bits per heavy atom. The first-order valence-corrected chi connectivity index (χ1v) is 14.3. The molecule has 0 saturated heterocycles. The van der Waals surface area contributed by atoms with Crippen molar-refractivity contribution in [3.8, 4) is 0 Å². The summed E-state index contributed by atoms with van der Waals surface area (Å²) < 4.78 is 7.46. The van der Waals surface area contributed by atoms with E-state index in [1.54, 1.807) is 12.4 Å². The molecule has 0 radical (unpaired) electrons. The molecule has 0 aliphatic heterocycles. The number of ketones is 1. The number of Topliss-reactive ketones (excluding diaryl/α,β-unsaturated/α-hetero) is 1. The van der Waals surface area contributed by atoms with Crippen molar-refractivity contribution in [2.75, 3.05) is 13.7 Å². The lowest BCUT2D eigenvalue weighted by molar-refractivity contribution is -0.163. The molecule has 36 heavy (non-hydrogen) atoms. The summed E-state index contributed by atoms with van der Waals surface area (Å²) in [6.07, 6.45) is 16.7. The third kappa shape index (κ3) is 3.86. The number of methoxy groups -OCH3 is 1. The molecule has 8 atom stereocenters. The van der Waals surface area contributed by atoms with Crippen molar-refractivity contribution in [2.24, 2.45) is 40.4 Å². The molecule has 2 aromatic heterocycles. The Bertz CT molecular complexity index is 1090. The summed E-state index contributed by atoms with van der Waals surface area (Å²) in [5.41, 5.74) is 0.733. The van der Waals surface area contributed by atoms with Crippen LogP contribution in [-0.2, 0) is 16.1 Å². The van der Waals surface area contributed by atoms with E-state index in [0.717, 1.165) is 56.0 Å². The van der Waals surface area contributed by atoms with Crippen molar-refractivity contribution < 1.29 is 14.6 Å². The largest absolute Gasteiger partial charge is 0.390 e. The summed E-state index contributed by atoms with van der Waals surface area (Å²) in [6, 6.07) is 1.96. The molecule has 4 fully saturated rings. The van der Waals surface area contributed by atoms with Gasteiger partial charge in [0.05, 0.1) is 18.3 Å². The van der Waals surface area contributed by atoms with Crippen LogP contribution in [0.5, 0.6) is 0 Å². The van der Waals surface area contributed by atoms with Gasteiger partial charge in [-0.05, 0) is 112 Å². The molecule has 1 N–H and O–H groups in total. The fourth-order valence-corrected chi connectivity index (χ4v) is 9.82. The number of hydrogen-bond donors (Lipinski definition) is 1. The summed E-state index contributed by atoms with van der Waals surface area (Å²) in [5.74, 6) is 3.14. The van der Waals surface area contributed by atoms with E-state index in [1.165, 1.54) is 25.7 Å². The second-order valence-corrected chi connectivity index (χ2v) is 13.2. The second kappa shape index (κ2) is 8.90. The standard InChI is InChI=1S/C30H43N3O3/c1-28(35)11-12-30(13-15-36-3)21(16-28)4-5-22-23-6-7-25(29(23,2)10-8-24(22)30)27(34)19-33-18-20-9-14-31-17-26(20)32-33/h9,14,17-18,21-25,35H,4-8,10-13,15-16,19H2,1-3H3/t21-,22-,23-,24-,25+,28+,29-,30+/m0/s1. The lowest BCUT2D eigenvalue weighted by Crippen LogP contribution is -2.57. The molecule has 0 spiro atoms. The van der Waals surface area contributed by atoms with Crippen LogP contribution in [0.3, 0.4) is 0 Å². The van der Waals surface area contributed by atoms with Gasteiger partial charge >= 0.3 is 0 Å². The molecule has 0 unspecified atom stereocenters. The number of ether oxygens (including phenoxy) is 1. The van der Waals surface area contributed by atoms with Crippen LogP contribution in [0.2, 0.25) is 0 Å². The first-order chi connectivity index (χ1) is 17.3. The summed E-state index contributed by atoms with van der Waals surface area (Å²) in [5, 5.41) is 16.6. The van der Waals surface area contributed by atoms with Gasteiger partial charge in [0.2, 0.25) is 0 Å². The van der Waals surface area contributed by atoms with Gasteiger partial charge in [-0.2, -0.15) is 5.10 Å². The first-order valence-electron chi connectivity index (χ1n) is 14.3. The third-order valence-corrected chi connectivity index (χ3v) is 11.5. The van der Waals surface area contributed by atoms with E-state index >= 15 is 0 Å². The minimum atomic E-state index is -0.518. The van der Waals surface area contributed by atoms with Crippen molar-refractivity contribution >= 4 is 16.7 Å². The summed E-state index contributed by atoms with van der Waals surface area (Å²) in [7, 11) is 1.83. The highest BCUT2D eigenvalue weighted by Crippen LogP contribution is 2.69. The molecule has 0 amide bonds. The van der Waals surface area contributed by atoms with E-state index in [9.17, 15) is 9.90 Å². The van der Waals surface area contributed by atoms with Crippen LogP contribution in [0.1, 0.15) is 78.1 Å². The smallest absolute Gasteiger partial charge is 0.157 e. The van der Waals surface area contributed by atoms with Crippen LogP contribution in [0.25, 0.3) is 10.9 Å². The molecule has 4 aliphatic rings. The minimum Gasteiger partial charge on any atom is -0.390 e. The number of carbonyl (C=O) groups excluding carboxylic acids is 1. The Kier molecular flexibility index (Phi) is 6.07. The van der Waals surface area contributed by atoms with Crippen LogP contribution >= 0.6 is 0 Å². The number of fused-ring (bicyclic) bond motifs is 6. The average Bonchev–Trinajstić information content (AvgIpc) is 3.42. The Labute approximate surface area is 215 Å². The number of rotatable bonds is 6. The van der Waals surface area contributed by atoms with Gasteiger partial charge in [-0.3, -0.25) is 14.5 Å². The van der Waals surface area contributed by atoms with E-state index in [0.29, 0.717) is 41.4 Å². The number of hydrogen-bond acceptors (Lipinski definition) is 5. The third-order valence-electron chi connectivity index (χ3n) is 11.5. The Morgan fingerprint density at radius 1 is 1.14 bits per heavy atom. The Morgan fingerprint density at radius 3 is 2.81 bits per heavy atom. The second-order valence-electron chi connectivity index (χ2n) is 13.2. The molecule has 0 bridgehead atoms. The molecule has 6 rings (SSSR count). The zero-order valence-electron chi connectivity index (χ0n) is 22.3. The Balaban J connectivity index is 1.22. The van der Waals surface area contributed by atoms with Gasteiger partial charge < -0.3 is 9.84 Å².